The van der Waals surface area contributed by atoms with Gasteiger partial charge in [-0.25, -0.2) is 0 Å². The maximum absolute atomic E-state index is 14.8. The summed E-state index contributed by atoms with van der Waals surface area (Å²) in [6.07, 6.45) is 1.25. The predicted octanol–water partition coefficient (Wildman–Crippen LogP) is 10.1. The highest BCUT2D eigenvalue weighted by Crippen LogP contribution is 2.49. The van der Waals surface area contributed by atoms with Crippen LogP contribution in [0.4, 0.5) is 0 Å². The van der Waals surface area contributed by atoms with E-state index in [9.17, 15) is 14.4 Å². The van der Waals surface area contributed by atoms with Crippen LogP contribution in [0.25, 0.3) is 0 Å². The zero-order chi connectivity index (χ0) is 40.9. The highest BCUT2D eigenvalue weighted by atomic mass is 31.2. The van der Waals surface area contributed by atoms with Crippen LogP contribution in [-0.2, 0) is 0 Å². The second-order valence-electron chi connectivity index (χ2n) is 11.7. The lowest BCUT2D eigenvalue weighted by atomic mass is 10.0. The topological polar surface area (TPSA) is 144 Å². The van der Waals surface area contributed by atoms with E-state index < -0.39 is 23.0 Å². The van der Waals surface area contributed by atoms with Gasteiger partial charge in [-0.3, -0.25) is 14.4 Å². The van der Waals surface area contributed by atoms with Crippen molar-refractivity contribution >= 4 is 35.6 Å². The molecule has 0 radical (unpaired) electrons. The summed E-state index contributed by atoms with van der Waals surface area (Å²) in [6, 6.07) is 36.1. The summed E-state index contributed by atoms with van der Waals surface area (Å²) in [7, 11) is 1.08. The molecule has 296 valence electrons. The van der Waals surface area contributed by atoms with Crippen molar-refractivity contribution in [3.63, 3.8) is 0 Å². The molecular formula is C43H36O13P2. The van der Waals surface area contributed by atoms with Gasteiger partial charge < -0.3 is 46.1 Å². The average Bonchev–Trinajstić information content (AvgIpc) is 3.26. The molecule has 0 fully saturated rings. The Balaban J connectivity index is 1.41. The van der Waals surface area contributed by atoms with Gasteiger partial charge in [0.05, 0.1) is 50.7 Å². The van der Waals surface area contributed by atoms with Crippen LogP contribution in [0.15, 0.2) is 133 Å². The number of para-hydroxylation sites is 6. The number of carbonyl (C=O) groups is 3. The molecule has 0 aliphatic heterocycles. The zero-order valence-electron chi connectivity index (χ0n) is 31.6. The monoisotopic (exact) mass is 822 g/mol. The normalized spacial score (nSPS) is 10.6. The molecule has 0 atom stereocenters. The SMILES string of the molecule is COc1ccc(C(=O)c2ccc(OC)cc2OP(Oc2ccccc2OC)Oc2ccccc2OC)c(OP(Oc2ccccc2C=O)Oc2ccccc2C=O)c1. The standard InChI is InChI=1S/C43H36O13P2/c1-47-31-21-23-33(41(25-31)55-57(51-35-15-7-5-13-29(35)27-44)52-36-16-8-6-14-30(36)28-45)43(46)34-24-22-32(48-2)26-42(34)56-58(53-39-19-11-9-17-37(39)49-3)54-40-20-12-10-18-38(40)50-4/h5-28H,1-4H3. The maximum atomic E-state index is 14.8. The lowest BCUT2D eigenvalue weighted by Gasteiger charge is -2.22. The Morgan fingerprint density at radius 3 is 1.09 bits per heavy atom. The molecule has 0 amide bonds. The van der Waals surface area contributed by atoms with Crippen LogP contribution < -0.4 is 46.1 Å². The van der Waals surface area contributed by atoms with Crippen LogP contribution >= 0.6 is 17.2 Å². The Morgan fingerprint density at radius 1 is 0.397 bits per heavy atom. The number of methoxy groups -OCH3 is 4. The van der Waals surface area contributed by atoms with Crippen molar-refractivity contribution in [1.29, 1.82) is 0 Å². The molecule has 0 aliphatic rings. The van der Waals surface area contributed by atoms with Crippen LogP contribution in [-0.4, -0.2) is 46.8 Å². The minimum absolute atomic E-state index is 0.0118. The molecule has 6 aromatic carbocycles. The van der Waals surface area contributed by atoms with Gasteiger partial charge in [-0.2, -0.15) is 0 Å². The molecule has 13 nitrogen and oxygen atoms in total. The molecule has 15 heteroatoms. The number of hydrogen-bond donors (Lipinski definition) is 0. The van der Waals surface area contributed by atoms with Gasteiger partial charge >= 0.3 is 17.2 Å². The van der Waals surface area contributed by atoms with E-state index in [1.807, 2.05) is 0 Å². The summed E-state index contributed by atoms with van der Waals surface area (Å²) in [4.78, 5) is 38.6. The van der Waals surface area contributed by atoms with Crippen molar-refractivity contribution in [2.45, 2.75) is 0 Å². The molecule has 6 rings (SSSR count). The van der Waals surface area contributed by atoms with Gasteiger partial charge in [0.25, 0.3) is 0 Å². The van der Waals surface area contributed by atoms with Gasteiger partial charge in [0, 0.05) is 12.1 Å². The van der Waals surface area contributed by atoms with Gasteiger partial charge in [-0.1, -0.05) is 48.5 Å². The molecule has 0 heterocycles. The lowest BCUT2D eigenvalue weighted by Crippen LogP contribution is -2.11. The summed E-state index contributed by atoms with van der Waals surface area (Å²) >= 11 is 0. The molecular weight excluding hydrogens is 786 g/mol. The van der Waals surface area contributed by atoms with E-state index in [2.05, 4.69) is 0 Å². The average molecular weight is 823 g/mol. The third kappa shape index (κ3) is 9.94. The minimum Gasteiger partial charge on any atom is -0.497 e. The first-order chi connectivity index (χ1) is 28.4. The lowest BCUT2D eigenvalue weighted by molar-refractivity contribution is 0.103. The van der Waals surface area contributed by atoms with Crippen LogP contribution in [0.2, 0.25) is 0 Å². The highest BCUT2D eigenvalue weighted by Gasteiger charge is 2.30. The van der Waals surface area contributed by atoms with Gasteiger partial charge in [-0.15, -0.1) is 0 Å². The van der Waals surface area contributed by atoms with Gasteiger partial charge in [0.1, 0.15) is 34.5 Å². The Kier molecular flexibility index (Phi) is 14.0. The molecule has 0 aliphatic carbocycles. The molecule has 0 aromatic heterocycles. The summed E-state index contributed by atoms with van der Waals surface area (Å²) in [5.74, 6) is 1.92. The van der Waals surface area contributed by atoms with Crippen LogP contribution in [0, 0.1) is 0 Å². The van der Waals surface area contributed by atoms with Crippen molar-refractivity contribution in [3.8, 4) is 57.5 Å². The number of ketones is 1. The number of carbonyl (C=O) groups excluding carboxylic acids is 3. The van der Waals surface area contributed by atoms with Crippen LogP contribution in [0.5, 0.6) is 57.5 Å². The third-order valence-electron chi connectivity index (χ3n) is 8.13. The van der Waals surface area contributed by atoms with Gasteiger partial charge in [-0.05, 0) is 72.8 Å². The summed E-state index contributed by atoms with van der Waals surface area (Å²) in [6.45, 7) is 0. The summed E-state index contributed by atoms with van der Waals surface area (Å²) < 4.78 is 59.7. The first-order valence-corrected chi connectivity index (χ1v) is 19.5. The first kappa shape index (κ1) is 40.8. The van der Waals surface area contributed by atoms with Crippen molar-refractivity contribution in [3.05, 3.63) is 156 Å². The second kappa shape index (κ2) is 19.9. The zero-order valence-corrected chi connectivity index (χ0v) is 33.3. The molecule has 0 unspecified atom stereocenters. The molecule has 58 heavy (non-hydrogen) atoms. The minimum atomic E-state index is -2.49. The van der Waals surface area contributed by atoms with Crippen molar-refractivity contribution in [1.82, 2.24) is 0 Å². The summed E-state index contributed by atoms with van der Waals surface area (Å²) in [5, 5.41) is 0. The molecule has 6 aromatic rings. The highest BCUT2D eigenvalue weighted by molar-refractivity contribution is 7.43. The van der Waals surface area contributed by atoms with E-state index in [0.29, 0.717) is 47.1 Å². The number of aldehydes is 2. The Morgan fingerprint density at radius 2 is 0.724 bits per heavy atom. The maximum Gasteiger partial charge on any atom is 0.530 e. The smallest absolute Gasteiger partial charge is 0.497 e. The largest absolute Gasteiger partial charge is 0.530 e. The third-order valence-corrected chi connectivity index (χ3v) is 10.2. The molecule has 0 bridgehead atoms. The molecule has 0 saturated heterocycles. The van der Waals surface area contributed by atoms with Crippen molar-refractivity contribution in [2.75, 3.05) is 28.4 Å². The summed E-state index contributed by atoms with van der Waals surface area (Å²) in [5.41, 5.74) is 0.549. The van der Waals surface area contributed by atoms with E-state index in [4.69, 9.17) is 46.1 Å². The fourth-order valence-corrected chi connectivity index (χ4v) is 7.36. The fraction of sp³-hybridized carbons (Fsp3) is 0.0930. The van der Waals surface area contributed by atoms with Crippen LogP contribution in [0.3, 0.4) is 0 Å². The van der Waals surface area contributed by atoms with E-state index in [-0.39, 0.29) is 45.3 Å². The Labute approximate surface area is 336 Å². The first-order valence-electron chi connectivity index (χ1n) is 17.3. The van der Waals surface area contributed by atoms with E-state index in [1.165, 1.54) is 52.7 Å². The quantitative estimate of drug-likeness (QED) is 0.0410. The van der Waals surface area contributed by atoms with E-state index >= 15 is 0 Å². The Hall–Kier alpha value is -6.81. The van der Waals surface area contributed by atoms with Crippen LogP contribution in [0.1, 0.15) is 36.6 Å². The van der Waals surface area contributed by atoms with Crippen molar-refractivity contribution in [2.24, 2.45) is 0 Å². The number of rotatable bonds is 20. The Bertz CT molecular complexity index is 2270. The van der Waals surface area contributed by atoms with Gasteiger partial charge in [0.15, 0.2) is 35.6 Å². The molecule has 0 saturated carbocycles. The molecule has 0 spiro atoms. The van der Waals surface area contributed by atoms with E-state index in [0.717, 1.165) is 0 Å². The number of hydrogen-bond acceptors (Lipinski definition) is 13. The number of benzene rings is 6. The molecule has 0 N–H and O–H groups in total. The predicted molar refractivity (Wildman–Crippen MR) is 217 cm³/mol. The number of ether oxygens (including phenoxy) is 4. The second-order valence-corrected chi connectivity index (χ2v) is 13.7. The van der Waals surface area contributed by atoms with Crippen molar-refractivity contribution < 1.29 is 60.5 Å². The van der Waals surface area contributed by atoms with Gasteiger partial charge in [0.2, 0.25) is 5.78 Å². The van der Waals surface area contributed by atoms with E-state index in [1.54, 1.807) is 109 Å². The fourth-order valence-electron chi connectivity index (χ4n) is 5.23.